The summed E-state index contributed by atoms with van der Waals surface area (Å²) in [7, 11) is 0. The van der Waals surface area contributed by atoms with E-state index >= 15 is 0 Å². The van der Waals surface area contributed by atoms with Crippen LogP contribution >= 0.6 is 0 Å². The fraction of sp³-hybridized carbons (Fsp3) is 0.429. The highest BCUT2D eigenvalue weighted by molar-refractivity contribution is 5.51. The van der Waals surface area contributed by atoms with Gasteiger partial charge >= 0.3 is 11.7 Å². The van der Waals surface area contributed by atoms with Gasteiger partial charge in [0, 0.05) is 31.9 Å². The molecule has 0 radical (unpaired) electrons. The second-order valence-corrected chi connectivity index (χ2v) is 5.25. The summed E-state index contributed by atoms with van der Waals surface area (Å²) in [5.41, 5.74) is 0.308. The van der Waals surface area contributed by atoms with Crippen molar-refractivity contribution in [2.75, 3.05) is 37.8 Å². The van der Waals surface area contributed by atoms with Gasteiger partial charge in [-0.1, -0.05) is 0 Å². The molecule has 0 spiro atoms. The van der Waals surface area contributed by atoms with Crippen molar-refractivity contribution in [2.45, 2.75) is 6.05 Å². The fourth-order valence-corrected chi connectivity index (χ4v) is 2.51. The summed E-state index contributed by atoms with van der Waals surface area (Å²) in [6, 6.07) is 3.00. The molecule has 1 aliphatic rings. The number of alkyl halides is 3. The number of rotatable bonds is 4. The summed E-state index contributed by atoms with van der Waals surface area (Å²) in [5.74, 6) is 0. The van der Waals surface area contributed by atoms with Crippen LogP contribution in [0.1, 0.15) is 0 Å². The van der Waals surface area contributed by atoms with E-state index in [9.17, 15) is 18.0 Å². The number of hydrogen-bond acceptors (Lipinski definition) is 4. The summed E-state index contributed by atoms with van der Waals surface area (Å²) in [5, 5.41) is 6.56. The largest absolute Gasteiger partial charge is 0.375 e. The molecule has 0 aliphatic carbocycles. The van der Waals surface area contributed by atoms with Gasteiger partial charge in [-0.2, -0.15) is 13.9 Å². The number of anilines is 1. The number of aromatic nitrogens is 3. The number of hydrogen-bond donors (Lipinski definition) is 1. The van der Waals surface area contributed by atoms with Gasteiger partial charge in [0.05, 0.1) is 5.69 Å². The summed E-state index contributed by atoms with van der Waals surface area (Å²) in [6.07, 6.45) is 0.964. The van der Waals surface area contributed by atoms with Crippen LogP contribution < -0.4 is 15.9 Å². The first kappa shape index (κ1) is 15.6. The molecule has 6 nitrogen and oxygen atoms in total. The molecular formula is C14H16F3N5O. The van der Waals surface area contributed by atoms with Crippen LogP contribution in [0.15, 0.2) is 35.4 Å². The zero-order valence-corrected chi connectivity index (χ0v) is 12.3. The third-order valence-electron chi connectivity index (χ3n) is 3.75. The van der Waals surface area contributed by atoms with E-state index in [1.807, 2.05) is 12.1 Å². The van der Waals surface area contributed by atoms with Crippen molar-refractivity contribution in [3.05, 3.63) is 41.1 Å². The Morgan fingerprint density at radius 1 is 1.13 bits per heavy atom. The first-order valence-corrected chi connectivity index (χ1v) is 7.20. The van der Waals surface area contributed by atoms with Gasteiger partial charge in [0.1, 0.15) is 6.33 Å². The maximum Gasteiger partial charge on any atom is 0.375 e. The monoisotopic (exact) mass is 327 g/mol. The Kier molecular flexibility index (Phi) is 4.12. The Labute approximate surface area is 130 Å². The molecule has 2 aromatic rings. The van der Waals surface area contributed by atoms with Crippen LogP contribution in [-0.2, 0) is 6.05 Å². The van der Waals surface area contributed by atoms with Crippen molar-refractivity contribution in [3.8, 4) is 5.69 Å². The molecule has 3 rings (SSSR count). The Bertz CT molecular complexity index is 719. The van der Waals surface area contributed by atoms with Crippen LogP contribution in [-0.4, -0.2) is 47.2 Å². The van der Waals surface area contributed by atoms with Gasteiger partial charge in [0.2, 0.25) is 0 Å². The molecule has 2 heterocycles. The lowest BCUT2D eigenvalue weighted by Gasteiger charge is -2.29. The first-order valence-electron chi connectivity index (χ1n) is 7.20. The van der Waals surface area contributed by atoms with E-state index in [-0.39, 0.29) is 4.68 Å². The van der Waals surface area contributed by atoms with E-state index in [4.69, 9.17) is 0 Å². The van der Waals surface area contributed by atoms with Crippen molar-refractivity contribution < 1.29 is 13.2 Å². The predicted molar refractivity (Wildman–Crippen MR) is 79.1 cm³/mol. The molecule has 1 saturated heterocycles. The van der Waals surface area contributed by atoms with Gasteiger partial charge in [0.25, 0.3) is 0 Å². The van der Waals surface area contributed by atoms with Gasteiger partial charge in [-0.3, -0.25) is 0 Å². The average molecular weight is 327 g/mol. The highest BCUT2D eigenvalue weighted by Gasteiger charge is 2.35. The number of nitrogens with one attached hydrogen (secondary N) is 1. The van der Waals surface area contributed by atoms with Crippen LogP contribution in [0, 0.1) is 0 Å². The van der Waals surface area contributed by atoms with E-state index in [0.717, 1.165) is 42.8 Å². The Hall–Kier alpha value is -2.29. The van der Waals surface area contributed by atoms with Crippen LogP contribution in [0.2, 0.25) is 0 Å². The lowest BCUT2D eigenvalue weighted by atomic mass is 10.2. The minimum absolute atomic E-state index is 0.142. The van der Waals surface area contributed by atoms with Crippen molar-refractivity contribution >= 4 is 5.69 Å². The molecule has 1 aliphatic heterocycles. The molecule has 1 N–H and O–H groups in total. The molecule has 0 saturated carbocycles. The van der Waals surface area contributed by atoms with Crippen molar-refractivity contribution in [1.29, 1.82) is 0 Å². The zero-order chi connectivity index (χ0) is 16.4. The molecule has 0 amide bonds. The quantitative estimate of drug-likeness (QED) is 0.909. The summed E-state index contributed by atoms with van der Waals surface area (Å²) in [4.78, 5) is 14.1. The number of benzene rings is 1. The Morgan fingerprint density at radius 2 is 1.74 bits per heavy atom. The predicted octanol–water partition coefficient (Wildman–Crippen LogP) is 0.962. The summed E-state index contributed by atoms with van der Waals surface area (Å²) < 4.78 is 39.7. The molecular weight excluding hydrogens is 311 g/mol. The third-order valence-corrected chi connectivity index (χ3v) is 3.75. The number of halogens is 3. The van der Waals surface area contributed by atoms with Gasteiger partial charge in [-0.25, -0.2) is 13.8 Å². The third kappa shape index (κ3) is 2.96. The molecule has 23 heavy (non-hydrogen) atoms. The molecule has 0 atom stereocenters. The van der Waals surface area contributed by atoms with E-state index in [1.165, 1.54) is 0 Å². The lowest BCUT2D eigenvalue weighted by Crippen LogP contribution is -2.43. The van der Waals surface area contributed by atoms with Crippen molar-refractivity contribution in [2.24, 2.45) is 0 Å². The molecule has 1 fully saturated rings. The van der Waals surface area contributed by atoms with E-state index < -0.39 is 18.4 Å². The minimum atomic E-state index is -3.94. The second kappa shape index (κ2) is 6.07. The molecule has 1 aromatic carbocycles. The topological polar surface area (TPSA) is 55.1 Å². The van der Waals surface area contributed by atoms with Crippen LogP contribution in [0.5, 0.6) is 0 Å². The van der Waals surface area contributed by atoms with Crippen molar-refractivity contribution in [1.82, 2.24) is 19.7 Å². The first-order chi connectivity index (χ1) is 11.0. The molecule has 1 aromatic heterocycles. The summed E-state index contributed by atoms with van der Waals surface area (Å²) >= 11 is 0. The smallest absolute Gasteiger partial charge is 0.369 e. The lowest BCUT2D eigenvalue weighted by molar-refractivity contribution is -0.112. The normalized spacial score (nSPS) is 15.9. The van der Waals surface area contributed by atoms with E-state index in [2.05, 4.69) is 15.3 Å². The maximum atomic E-state index is 13.3. The maximum absolute atomic E-state index is 13.3. The minimum Gasteiger partial charge on any atom is -0.369 e. The number of piperazine rings is 1. The zero-order valence-electron chi connectivity index (χ0n) is 12.3. The standard InChI is InChI=1S/C14H16F3N5O/c15-9-14(16,17)22-13(23)21(10-19-22)12-3-1-11(2-4-12)20-7-5-18-6-8-20/h1-4,10,18H,5-9H2. The van der Waals surface area contributed by atoms with Crippen LogP contribution in [0.4, 0.5) is 18.9 Å². The Balaban J connectivity index is 1.87. The molecule has 124 valence electrons. The molecule has 0 bridgehead atoms. The highest BCUT2D eigenvalue weighted by Crippen LogP contribution is 2.19. The van der Waals surface area contributed by atoms with Gasteiger partial charge < -0.3 is 10.2 Å². The fourth-order valence-electron chi connectivity index (χ4n) is 2.51. The SMILES string of the molecule is O=c1n(-c2ccc(N3CCNCC3)cc2)cnn1C(F)(F)CF. The van der Waals surface area contributed by atoms with Gasteiger partial charge in [-0.05, 0) is 24.3 Å². The Morgan fingerprint density at radius 3 is 2.35 bits per heavy atom. The highest BCUT2D eigenvalue weighted by atomic mass is 19.3. The van der Waals surface area contributed by atoms with Crippen LogP contribution in [0.25, 0.3) is 5.69 Å². The van der Waals surface area contributed by atoms with Crippen LogP contribution in [0.3, 0.4) is 0 Å². The van der Waals surface area contributed by atoms with Gasteiger partial charge in [-0.15, -0.1) is 4.68 Å². The molecule has 0 unspecified atom stereocenters. The second-order valence-electron chi connectivity index (χ2n) is 5.25. The number of nitrogens with zero attached hydrogens (tertiary/aromatic N) is 4. The molecule has 9 heteroatoms. The van der Waals surface area contributed by atoms with Gasteiger partial charge in [0.15, 0.2) is 6.67 Å². The van der Waals surface area contributed by atoms with E-state index in [0.29, 0.717) is 5.69 Å². The summed E-state index contributed by atoms with van der Waals surface area (Å²) in [6.45, 7) is 1.56. The van der Waals surface area contributed by atoms with E-state index in [1.54, 1.807) is 12.1 Å². The average Bonchev–Trinajstić information content (AvgIpc) is 2.98. The van der Waals surface area contributed by atoms with Crippen molar-refractivity contribution in [3.63, 3.8) is 0 Å².